The van der Waals surface area contributed by atoms with E-state index in [-0.39, 0.29) is 0 Å². The lowest BCUT2D eigenvalue weighted by Crippen LogP contribution is -2.27. The summed E-state index contributed by atoms with van der Waals surface area (Å²) in [5.74, 6) is 5.09. The molecule has 2 rings (SSSR count). The molecule has 100 valence electrons. The largest absolute Gasteiger partial charge is 0.317 e. The van der Waals surface area contributed by atoms with Crippen molar-refractivity contribution in [2.24, 2.45) is 29.6 Å². The SMILES string of the molecule is CCNCC(CC(C)C)CC1CC2CCC1C2. The molecular weight excluding hydrogens is 206 g/mol. The number of fused-ring (bicyclic) bond motifs is 2. The quantitative estimate of drug-likeness (QED) is 0.703. The normalized spacial score (nSPS) is 33.5. The fourth-order valence-electron chi connectivity index (χ4n) is 4.37. The van der Waals surface area contributed by atoms with E-state index in [9.17, 15) is 0 Å². The van der Waals surface area contributed by atoms with Gasteiger partial charge in [-0.2, -0.15) is 0 Å². The van der Waals surface area contributed by atoms with E-state index < -0.39 is 0 Å². The molecule has 2 saturated carbocycles. The van der Waals surface area contributed by atoms with Gasteiger partial charge < -0.3 is 5.32 Å². The predicted octanol–water partition coefficient (Wildman–Crippen LogP) is 4.08. The summed E-state index contributed by atoms with van der Waals surface area (Å²) in [5, 5.41) is 3.57. The highest BCUT2D eigenvalue weighted by atomic mass is 14.8. The van der Waals surface area contributed by atoms with Gasteiger partial charge in [-0.25, -0.2) is 0 Å². The minimum Gasteiger partial charge on any atom is -0.317 e. The molecule has 4 atom stereocenters. The van der Waals surface area contributed by atoms with E-state index in [1.165, 1.54) is 19.4 Å². The highest BCUT2D eigenvalue weighted by Crippen LogP contribution is 2.50. The maximum Gasteiger partial charge on any atom is -0.00204 e. The van der Waals surface area contributed by atoms with Crippen LogP contribution in [0.3, 0.4) is 0 Å². The predicted molar refractivity (Wildman–Crippen MR) is 75.0 cm³/mol. The van der Waals surface area contributed by atoms with Crippen molar-refractivity contribution in [2.45, 2.75) is 59.3 Å². The van der Waals surface area contributed by atoms with Crippen molar-refractivity contribution in [3.63, 3.8) is 0 Å². The van der Waals surface area contributed by atoms with E-state index in [2.05, 4.69) is 26.1 Å². The average molecular weight is 237 g/mol. The molecule has 0 radical (unpaired) electrons. The van der Waals surface area contributed by atoms with Crippen molar-refractivity contribution in [3.8, 4) is 0 Å². The molecule has 0 aliphatic heterocycles. The van der Waals surface area contributed by atoms with Crippen molar-refractivity contribution >= 4 is 0 Å². The molecule has 2 fully saturated rings. The van der Waals surface area contributed by atoms with Crippen LogP contribution >= 0.6 is 0 Å². The molecule has 0 aromatic heterocycles. The lowest BCUT2D eigenvalue weighted by Gasteiger charge is -2.28. The van der Waals surface area contributed by atoms with Gasteiger partial charge in [0.1, 0.15) is 0 Å². The second kappa shape index (κ2) is 6.22. The Morgan fingerprint density at radius 1 is 1.18 bits per heavy atom. The summed E-state index contributed by atoms with van der Waals surface area (Å²) in [4.78, 5) is 0. The Bertz CT molecular complexity index is 224. The molecule has 0 aromatic rings. The molecule has 1 N–H and O–H groups in total. The summed E-state index contributed by atoms with van der Waals surface area (Å²) in [6.07, 6.45) is 9.15. The van der Waals surface area contributed by atoms with Gasteiger partial charge in [0.25, 0.3) is 0 Å². The lowest BCUT2D eigenvalue weighted by atomic mass is 9.80. The fourth-order valence-corrected chi connectivity index (χ4v) is 4.37. The lowest BCUT2D eigenvalue weighted by molar-refractivity contribution is 0.243. The van der Waals surface area contributed by atoms with Crippen LogP contribution in [-0.4, -0.2) is 13.1 Å². The van der Waals surface area contributed by atoms with Crippen LogP contribution in [0, 0.1) is 29.6 Å². The van der Waals surface area contributed by atoms with Gasteiger partial charge in [0.2, 0.25) is 0 Å². The molecule has 17 heavy (non-hydrogen) atoms. The first-order valence-electron chi connectivity index (χ1n) is 7.89. The van der Waals surface area contributed by atoms with Crippen molar-refractivity contribution in [2.75, 3.05) is 13.1 Å². The van der Waals surface area contributed by atoms with Gasteiger partial charge in [0.15, 0.2) is 0 Å². The molecule has 2 aliphatic rings. The third kappa shape index (κ3) is 3.71. The molecule has 0 heterocycles. The average Bonchev–Trinajstić information content (AvgIpc) is 2.86. The minimum atomic E-state index is 0.859. The Balaban J connectivity index is 1.79. The van der Waals surface area contributed by atoms with Gasteiger partial charge in [-0.05, 0) is 74.8 Å². The summed E-state index contributed by atoms with van der Waals surface area (Å²) in [6.45, 7) is 9.36. The standard InChI is InChI=1S/C16H31N/c1-4-17-11-14(7-12(2)3)10-16-9-13-5-6-15(16)8-13/h12-17H,4-11H2,1-3H3. The first-order valence-corrected chi connectivity index (χ1v) is 7.89. The topological polar surface area (TPSA) is 12.0 Å². The van der Waals surface area contributed by atoms with Crippen LogP contribution in [0.2, 0.25) is 0 Å². The van der Waals surface area contributed by atoms with Crippen molar-refractivity contribution in [3.05, 3.63) is 0 Å². The zero-order chi connectivity index (χ0) is 12.3. The van der Waals surface area contributed by atoms with Gasteiger partial charge >= 0.3 is 0 Å². The van der Waals surface area contributed by atoms with E-state index in [0.29, 0.717) is 0 Å². The van der Waals surface area contributed by atoms with Crippen molar-refractivity contribution < 1.29 is 0 Å². The second-order valence-corrected chi connectivity index (χ2v) is 6.97. The van der Waals surface area contributed by atoms with Crippen LogP contribution in [0.15, 0.2) is 0 Å². The minimum absolute atomic E-state index is 0.859. The molecule has 0 spiro atoms. The summed E-state index contributed by atoms with van der Waals surface area (Å²) in [6, 6.07) is 0. The third-order valence-electron chi connectivity index (χ3n) is 5.01. The monoisotopic (exact) mass is 237 g/mol. The van der Waals surface area contributed by atoms with Gasteiger partial charge in [0.05, 0.1) is 0 Å². The van der Waals surface area contributed by atoms with Crippen LogP contribution in [0.25, 0.3) is 0 Å². The van der Waals surface area contributed by atoms with Crippen LogP contribution in [0.4, 0.5) is 0 Å². The molecule has 1 nitrogen and oxygen atoms in total. The van der Waals surface area contributed by atoms with Gasteiger partial charge in [-0.1, -0.05) is 27.2 Å². The Labute approximate surface area is 108 Å². The van der Waals surface area contributed by atoms with Crippen LogP contribution in [0.1, 0.15) is 59.3 Å². The molecule has 0 aromatic carbocycles. The molecule has 0 amide bonds. The molecule has 4 unspecified atom stereocenters. The highest BCUT2D eigenvalue weighted by molar-refractivity contribution is 4.91. The molecule has 2 aliphatic carbocycles. The number of hydrogen-bond acceptors (Lipinski definition) is 1. The van der Waals surface area contributed by atoms with Crippen molar-refractivity contribution in [1.82, 2.24) is 5.32 Å². The summed E-state index contributed by atoms with van der Waals surface area (Å²) in [7, 11) is 0. The van der Waals surface area contributed by atoms with E-state index in [0.717, 1.165) is 36.1 Å². The van der Waals surface area contributed by atoms with Crippen LogP contribution in [0.5, 0.6) is 0 Å². The maximum atomic E-state index is 3.57. The van der Waals surface area contributed by atoms with E-state index in [1.807, 2.05) is 0 Å². The van der Waals surface area contributed by atoms with E-state index in [1.54, 1.807) is 25.7 Å². The first kappa shape index (κ1) is 13.4. The van der Waals surface area contributed by atoms with Crippen LogP contribution in [-0.2, 0) is 0 Å². The third-order valence-corrected chi connectivity index (χ3v) is 5.01. The van der Waals surface area contributed by atoms with Gasteiger partial charge in [0, 0.05) is 0 Å². The fraction of sp³-hybridized carbons (Fsp3) is 1.00. The Kier molecular flexibility index (Phi) is 4.90. The maximum absolute atomic E-state index is 3.57. The van der Waals surface area contributed by atoms with Gasteiger partial charge in [-0.3, -0.25) is 0 Å². The Hall–Kier alpha value is -0.0400. The number of rotatable bonds is 7. The number of nitrogens with one attached hydrogen (secondary N) is 1. The molecule has 2 bridgehead atoms. The van der Waals surface area contributed by atoms with E-state index in [4.69, 9.17) is 0 Å². The smallest absolute Gasteiger partial charge is 0.00204 e. The summed E-state index contributed by atoms with van der Waals surface area (Å²) in [5.41, 5.74) is 0. The first-order chi connectivity index (χ1) is 8.19. The Morgan fingerprint density at radius 2 is 2.00 bits per heavy atom. The molecule has 1 heteroatoms. The molecule has 0 saturated heterocycles. The molecular formula is C16H31N. The van der Waals surface area contributed by atoms with E-state index >= 15 is 0 Å². The van der Waals surface area contributed by atoms with Crippen LogP contribution < -0.4 is 5.32 Å². The van der Waals surface area contributed by atoms with Crippen molar-refractivity contribution in [1.29, 1.82) is 0 Å². The number of hydrogen-bond donors (Lipinski definition) is 1. The zero-order valence-electron chi connectivity index (χ0n) is 12.0. The summed E-state index contributed by atoms with van der Waals surface area (Å²) >= 11 is 0. The zero-order valence-corrected chi connectivity index (χ0v) is 12.0. The Morgan fingerprint density at radius 3 is 2.53 bits per heavy atom. The summed E-state index contributed by atoms with van der Waals surface area (Å²) < 4.78 is 0. The van der Waals surface area contributed by atoms with Gasteiger partial charge in [-0.15, -0.1) is 0 Å². The highest BCUT2D eigenvalue weighted by Gasteiger charge is 2.39. The second-order valence-electron chi connectivity index (χ2n) is 6.97.